The molecule has 3 aromatic carbocycles. The van der Waals surface area contributed by atoms with Crippen molar-refractivity contribution in [2.24, 2.45) is 10.2 Å². The summed E-state index contributed by atoms with van der Waals surface area (Å²) >= 11 is 0. The van der Waals surface area contributed by atoms with Gasteiger partial charge in [-0.15, -0.1) is 5.10 Å². The van der Waals surface area contributed by atoms with E-state index in [1.807, 2.05) is 36.5 Å². The molecule has 1 N–H and O–H groups in total. The normalized spacial score (nSPS) is 14.3. The molecule has 3 heterocycles. The Labute approximate surface area is 202 Å². The van der Waals surface area contributed by atoms with Crippen LogP contribution in [0.1, 0.15) is 23.2 Å². The second-order valence-electron chi connectivity index (χ2n) is 8.58. The number of anilines is 1. The van der Waals surface area contributed by atoms with Gasteiger partial charge in [0, 0.05) is 28.4 Å². The van der Waals surface area contributed by atoms with Gasteiger partial charge in [0.2, 0.25) is 0 Å². The summed E-state index contributed by atoms with van der Waals surface area (Å²) in [6.45, 7) is 0.913. The Bertz CT molecular complexity index is 1610. The number of hydrogen-bond donors (Lipinski definition) is 1. The molecule has 2 aromatic heterocycles. The van der Waals surface area contributed by atoms with Crippen LogP contribution in [0.4, 0.5) is 5.69 Å². The van der Waals surface area contributed by atoms with E-state index in [1.165, 1.54) is 16.5 Å². The summed E-state index contributed by atoms with van der Waals surface area (Å²) in [6, 6.07) is 28.5. The van der Waals surface area contributed by atoms with Crippen molar-refractivity contribution in [3.63, 3.8) is 0 Å². The van der Waals surface area contributed by atoms with Gasteiger partial charge in [0.25, 0.3) is 5.91 Å². The number of amides is 1. The number of nitrogens with zero attached hydrogens (tertiary/aromatic N) is 4. The van der Waals surface area contributed by atoms with Gasteiger partial charge in [-0.1, -0.05) is 66.7 Å². The smallest absolute Gasteiger partial charge is 0.276 e. The molecule has 0 unspecified atom stereocenters. The van der Waals surface area contributed by atoms with Gasteiger partial charge < -0.3 is 9.88 Å². The molecule has 1 aliphatic rings. The van der Waals surface area contributed by atoms with Gasteiger partial charge in [0.05, 0.1) is 29.3 Å². The number of nitrogens with one attached hydrogen (secondary N) is 1. The Balaban J connectivity index is 1.29. The Morgan fingerprint density at radius 3 is 2.60 bits per heavy atom. The van der Waals surface area contributed by atoms with Crippen LogP contribution in [0.25, 0.3) is 21.8 Å². The van der Waals surface area contributed by atoms with E-state index in [9.17, 15) is 4.79 Å². The van der Waals surface area contributed by atoms with E-state index in [-0.39, 0.29) is 5.91 Å². The first-order valence-corrected chi connectivity index (χ1v) is 11.7. The minimum atomic E-state index is -0.245. The van der Waals surface area contributed by atoms with Gasteiger partial charge in [-0.2, -0.15) is 5.10 Å². The van der Waals surface area contributed by atoms with Crippen molar-refractivity contribution in [2.75, 3.05) is 5.32 Å². The number of benzene rings is 3. The molecule has 0 spiro atoms. The molecule has 6 rings (SSSR count). The van der Waals surface area contributed by atoms with Crippen molar-refractivity contribution in [1.82, 2.24) is 9.55 Å². The van der Waals surface area contributed by atoms with Crippen LogP contribution in [-0.4, -0.2) is 27.4 Å². The van der Waals surface area contributed by atoms with E-state index in [2.05, 4.69) is 79.7 Å². The first kappa shape index (κ1) is 21.0. The van der Waals surface area contributed by atoms with E-state index in [0.717, 1.165) is 41.5 Å². The molecule has 5 aromatic rings. The number of fused-ring (bicyclic) bond motifs is 4. The Morgan fingerprint density at radius 1 is 0.886 bits per heavy atom. The Kier molecular flexibility index (Phi) is 5.39. The lowest BCUT2D eigenvalue weighted by atomic mass is 10.1. The second kappa shape index (κ2) is 8.99. The fourth-order valence-corrected chi connectivity index (χ4v) is 4.71. The van der Waals surface area contributed by atoms with E-state index in [0.29, 0.717) is 11.4 Å². The first-order chi connectivity index (χ1) is 17.3. The van der Waals surface area contributed by atoms with Crippen molar-refractivity contribution in [3.05, 3.63) is 108 Å². The zero-order chi connectivity index (χ0) is 23.6. The molecule has 170 valence electrons. The molecule has 1 amide bonds. The number of rotatable bonds is 6. The highest BCUT2D eigenvalue weighted by molar-refractivity contribution is 6.53. The molecule has 0 saturated heterocycles. The number of carbonyl (C=O) groups is 1. The first-order valence-electron chi connectivity index (χ1n) is 11.7. The maximum atomic E-state index is 12.2. The lowest BCUT2D eigenvalue weighted by Gasteiger charge is -2.07. The van der Waals surface area contributed by atoms with Gasteiger partial charge >= 0.3 is 0 Å². The molecular weight excluding hydrogens is 434 g/mol. The summed E-state index contributed by atoms with van der Waals surface area (Å²) in [5.74, 6) is -0.245. The lowest BCUT2D eigenvalue weighted by Crippen LogP contribution is -2.13. The zero-order valence-electron chi connectivity index (χ0n) is 19.1. The summed E-state index contributed by atoms with van der Waals surface area (Å²) in [6.07, 6.45) is 5.58. The molecular formula is C29H23N5O. The third kappa shape index (κ3) is 3.99. The number of hydrogen-bond acceptors (Lipinski definition) is 4. The fraction of sp³-hybridized carbons (Fsp3) is 0.103. The van der Waals surface area contributed by atoms with Crippen molar-refractivity contribution in [3.8, 4) is 0 Å². The van der Waals surface area contributed by atoms with Crippen molar-refractivity contribution in [2.45, 2.75) is 19.4 Å². The SMILES string of the molecule is O=C1Nc2ccccc2C1=N/N=C/c1cc2c3ccccc3n(CCCc3ccccc3)c2cn1. The molecule has 1 aliphatic heterocycles. The van der Waals surface area contributed by atoms with Crippen LogP contribution in [0, 0.1) is 0 Å². The molecule has 0 bridgehead atoms. The quantitative estimate of drug-likeness (QED) is 0.266. The Morgan fingerprint density at radius 2 is 1.69 bits per heavy atom. The summed E-state index contributed by atoms with van der Waals surface area (Å²) < 4.78 is 2.35. The van der Waals surface area contributed by atoms with E-state index < -0.39 is 0 Å². The standard InChI is InChI=1S/C29H23N5O/c35-29-28(23-13-4-6-14-25(23)32-29)33-31-18-21-17-24-22-12-5-7-15-26(22)34(27(24)19-30-21)16-8-11-20-9-2-1-3-10-20/h1-7,9-10,12-15,17-19H,8,11,16H2,(H,32,33,35)/b31-18+. The van der Waals surface area contributed by atoms with Crippen molar-refractivity contribution >= 4 is 45.3 Å². The van der Waals surface area contributed by atoms with Crippen molar-refractivity contribution in [1.29, 1.82) is 0 Å². The minimum absolute atomic E-state index is 0.245. The van der Waals surface area contributed by atoms with Crippen LogP contribution < -0.4 is 5.32 Å². The zero-order valence-corrected chi connectivity index (χ0v) is 19.1. The van der Waals surface area contributed by atoms with E-state index in [1.54, 1.807) is 6.21 Å². The van der Waals surface area contributed by atoms with E-state index in [4.69, 9.17) is 0 Å². The molecule has 6 nitrogen and oxygen atoms in total. The van der Waals surface area contributed by atoms with Crippen LogP contribution in [-0.2, 0) is 17.8 Å². The molecule has 0 aliphatic carbocycles. The van der Waals surface area contributed by atoms with Gasteiger partial charge in [0.15, 0.2) is 5.71 Å². The summed E-state index contributed by atoms with van der Waals surface area (Å²) in [4.78, 5) is 16.9. The second-order valence-corrected chi connectivity index (χ2v) is 8.58. The highest BCUT2D eigenvalue weighted by Crippen LogP contribution is 2.29. The van der Waals surface area contributed by atoms with Crippen molar-refractivity contribution < 1.29 is 4.79 Å². The largest absolute Gasteiger partial charge is 0.339 e. The maximum Gasteiger partial charge on any atom is 0.276 e. The predicted octanol–water partition coefficient (Wildman–Crippen LogP) is 5.60. The predicted molar refractivity (Wildman–Crippen MR) is 141 cm³/mol. The highest BCUT2D eigenvalue weighted by atomic mass is 16.2. The number of para-hydroxylation sites is 2. The fourth-order valence-electron chi connectivity index (χ4n) is 4.71. The van der Waals surface area contributed by atoms with Gasteiger partial charge in [-0.25, -0.2) is 0 Å². The molecule has 6 heteroatoms. The number of pyridine rings is 1. The van der Waals surface area contributed by atoms with E-state index >= 15 is 0 Å². The average Bonchev–Trinajstić information content (AvgIpc) is 3.39. The van der Waals surface area contributed by atoms with Gasteiger partial charge in [-0.3, -0.25) is 9.78 Å². The highest BCUT2D eigenvalue weighted by Gasteiger charge is 2.25. The third-order valence-electron chi connectivity index (χ3n) is 6.36. The molecule has 0 saturated carbocycles. The third-order valence-corrected chi connectivity index (χ3v) is 6.36. The number of carbonyl (C=O) groups excluding carboxylic acids is 1. The van der Waals surface area contributed by atoms with Crippen LogP contribution in [0.2, 0.25) is 0 Å². The van der Waals surface area contributed by atoms with Crippen LogP contribution in [0.5, 0.6) is 0 Å². The van der Waals surface area contributed by atoms with Gasteiger partial charge in [-0.05, 0) is 36.6 Å². The average molecular weight is 458 g/mol. The van der Waals surface area contributed by atoms with Gasteiger partial charge in [0.1, 0.15) is 0 Å². The Hall–Kier alpha value is -4.58. The van der Waals surface area contributed by atoms with Crippen LogP contribution in [0.15, 0.2) is 101 Å². The molecule has 35 heavy (non-hydrogen) atoms. The summed E-state index contributed by atoms with van der Waals surface area (Å²) in [5, 5.41) is 13.5. The number of aromatic nitrogens is 2. The minimum Gasteiger partial charge on any atom is -0.339 e. The monoisotopic (exact) mass is 457 g/mol. The molecule has 0 radical (unpaired) electrons. The molecule has 0 atom stereocenters. The molecule has 0 fully saturated rings. The van der Waals surface area contributed by atoms with Crippen LogP contribution >= 0.6 is 0 Å². The lowest BCUT2D eigenvalue weighted by molar-refractivity contribution is -0.110. The summed E-state index contributed by atoms with van der Waals surface area (Å²) in [5.41, 5.74) is 6.18. The topological polar surface area (TPSA) is 71.6 Å². The number of aryl methyl sites for hydroxylation is 2. The maximum absolute atomic E-state index is 12.2. The summed E-state index contributed by atoms with van der Waals surface area (Å²) in [7, 11) is 0. The van der Waals surface area contributed by atoms with Crippen LogP contribution in [0.3, 0.4) is 0 Å².